The van der Waals surface area contributed by atoms with Gasteiger partial charge in [0.15, 0.2) is 0 Å². The predicted octanol–water partition coefficient (Wildman–Crippen LogP) is 8.73. The summed E-state index contributed by atoms with van der Waals surface area (Å²) in [5, 5.41) is 1.06. The fourth-order valence-electron chi connectivity index (χ4n) is 5.77. The third-order valence-corrected chi connectivity index (χ3v) is 9.96. The van der Waals surface area contributed by atoms with Gasteiger partial charge in [-0.15, -0.1) is 0 Å². The van der Waals surface area contributed by atoms with Crippen LogP contribution in [0.1, 0.15) is 66.2 Å². The Morgan fingerprint density at radius 2 is 1.22 bits per heavy atom. The third-order valence-electron chi connectivity index (χ3n) is 8.16. The Morgan fingerprint density at radius 3 is 1.73 bits per heavy atom. The second kappa shape index (κ2) is 16.6. The molecule has 4 radical (unpaired) electrons. The number of rotatable bonds is 12. The predicted molar refractivity (Wildman–Crippen MR) is 191 cm³/mol. The van der Waals surface area contributed by atoms with Gasteiger partial charge in [-0.3, -0.25) is 0 Å². The second-order valence-corrected chi connectivity index (χ2v) is 12.9. The van der Waals surface area contributed by atoms with Gasteiger partial charge in [-0.25, -0.2) is 4.98 Å². The van der Waals surface area contributed by atoms with E-state index in [0.717, 1.165) is 17.5 Å². The first-order valence-electron chi connectivity index (χ1n) is 16.0. The minimum Gasteiger partial charge on any atom is -0.326 e. The minimum absolute atomic E-state index is 0.0163. The molecule has 0 unspecified atom stereocenters. The Kier molecular flexibility index (Phi) is 11.8. The smallest absolute Gasteiger partial charge is 0.127 e. The molecule has 0 fully saturated rings. The Labute approximate surface area is 273 Å². The Morgan fingerprint density at radius 1 is 0.667 bits per heavy atom. The van der Waals surface area contributed by atoms with Gasteiger partial charge in [0, 0.05) is 12.4 Å². The molecule has 0 bridgehead atoms. The highest BCUT2D eigenvalue weighted by atomic mass is 28.2. The van der Waals surface area contributed by atoms with Gasteiger partial charge in [0.2, 0.25) is 0 Å². The number of benzene rings is 5. The van der Waals surface area contributed by atoms with E-state index in [4.69, 9.17) is 7.85 Å². The molecule has 0 aliphatic heterocycles. The van der Waals surface area contributed by atoms with Gasteiger partial charge in [0.25, 0.3) is 0 Å². The molecular formula is C41H41BN2Si. The lowest BCUT2D eigenvalue weighted by atomic mass is 9.76. The number of aromatic nitrogens is 2. The van der Waals surface area contributed by atoms with Crippen LogP contribution in [-0.4, -0.2) is 26.9 Å². The van der Waals surface area contributed by atoms with Gasteiger partial charge in [-0.1, -0.05) is 177 Å². The van der Waals surface area contributed by atoms with E-state index in [-0.39, 0.29) is 11.0 Å². The average Bonchev–Trinajstić information content (AvgIpc) is 3.67. The Bertz CT molecular complexity index is 1580. The normalized spacial score (nSPS) is 11.2. The summed E-state index contributed by atoms with van der Waals surface area (Å²) in [6.45, 7) is 2.27. The monoisotopic (exact) mass is 600 g/mol. The third kappa shape index (κ3) is 8.40. The van der Waals surface area contributed by atoms with Crippen molar-refractivity contribution in [3.05, 3.63) is 192 Å². The van der Waals surface area contributed by atoms with Crippen molar-refractivity contribution in [2.45, 2.75) is 50.0 Å². The zero-order valence-corrected chi connectivity index (χ0v) is 27.2. The highest BCUT2D eigenvalue weighted by molar-refractivity contribution is 6.57. The molecule has 0 saturated carbocycles. The fraction of sp³-hybridized carbons (Fsp3) is 0.195. The average molecular weight is 601 g/mol. The van der Waals surface area contributed by atoms with Crippen molar-refractivity contribution in [3.63, 3.8) is 0 Å². The van der Waals surface area contributed by atoms with E-state index in [2.05, 4.69) is 132 Å². The molecule has 5 aromatic carbocycles. The SMILES string of the molecule is CCCCCCc1cccc([Si]C(c2ccccc2)(c2ccccc2)n2ccnc2)c1.[B]C(c1ccccc1)c1ccccc1. The van der Waals surface area contributed by atoms with Crippen molar-refractivity contribution < 1.29 is 0 Å². The maximum absolute atomic E-state index is 6.12. The zero-order chi connectivity index (χ0) is 31.2. The van der Waals surface area contributed by atoms with Gasteiger partial charge in [-0.2, -0.15) is 0 Å². The molecule has 1 heterocycles. The van der Waals surface area contributed by atoms with Gasteiger partial charge in [0.05, 0.1) is 19.3 Å². The molecule has 0 spiro atoms. The number of nitrogens with zero attached hydrogens (tertiary/aromatic N) is 2. The zero-order valence-electron chi connectivity index (χ0n) is 26.2. The van der Waals surface area contributed by atoms with Crippen LogP contribution in [0.15, 0.2) is 164 Å². The summed E-state index contributed by atoms with van der Waals surface area (Å²) in [5.74, 6) is -0.0163. The highest BCUT2D eigenvalue weighted by Gasteiger charge is 2.37. The molecule has 0 N–H and O–H groups in total. The molecule has 222 valence electrons. The van der Waals surface area contributed by atoms with E-state index >= 15 is 0 Å². The van der Waals surface area contributed by atoms with Crippen molar-refractivity contribution in [1.82, 2.24) is 9.55 Å². The molecular weight excluding hydrogens is 559 g/mol. The van der Waals surface area contributed by atoms with Crippen LogP contribution in [0.4, 0.5) is 0 Å². The summed E-state index contributed by atoms with van der Waals surface area (Å²) in [6, 6.07) is 51.2. The van der Waals surface area contributed by atoms with Crippen LogP contribution < -0.4 is 5.19 Å². The molecule has 2 nitrogen and oxygen atoms in total. The molecule has 1 aromatic heterocycles. The molecule has 0 atom stereocenters. The largest absolute Gasteiger partial charge is 0.326 e. The fourth-order valence-corrected chi connectivity index (χ4v) is 7.51. The van der Waals surface area contributed by atoms with Crippen LogP contribution in [0.25, 0.3) is 0 Å². The molecule has 6 rings (SSSR count). The van der Waals surface area contributed by atoms with E-state index in [0.29, 0.717) is 9.52 Å². The minimum atomic E-state index is -0.320. The molecule has 0 saturated heterocycles. The first-order valence-corrected chi connectivity index (χ1v) is 17.0. The van der Waals surface area contributed by atoms with Crippen molar-refractivity contribution in [2.75, 3.05) is 0 Å². The van der Waals surface area contributed by atoms with Crippen LogP contribution >= 0.6 is 0 Å². The lowest BCUT2D eigenvalue weighted by Crippen LogP contribution is -2.46. The van der Waals surface area contributed by atoms with E-state index in [1.165, 1.54) is 47.6 Å². The van der Waals surface area contributed by atoms with Crippen LogP contribution in [0.2, 0.25) is 0 Å². The van der Waals surface area contributed by atoms with E-state index < -0.39 is 0 Å². The lowest BCUT2D eigenvalue weighted by molar-refractivity contribution is 0.596. The Balaban J connectivity index is 0.000000238. The summed E-state index contributed by atoms with van der Waals surface area (Å²) in [5.41, 5.74) is 6.32. The summed E-state index contributed by atoms with van der Waals surface area (Å²) < 4.78 is 2.28. The van der Waals surface area contributed by atoms with Crippen LogP contribution in [0.3, 0.4) is 0 Å². The number of hydrogen-bond donors (Lipinski definition) is 0. The van der Waals surface area contributed by atoms with Gasteiger partial charge in [-0.05, 0) is 46.5 Å². The van der Waals surface area contributed by atoms with E-state index in [1.807, 2.05) is 48.9 Å². The summed E-state index contributed by atoms with van der Waals surface area (Å²) >= 11 is 0. The second-order valence-electron chi connectivity index (χ2n) is 11.3. The van der Waals surface area contributed by atoms with Crippen molar-refractivity contribution in [3.8, 4) is 0 Å². The van der Waals surface area contributed by atoms with Crippen molar-refractivity contribution in [1.29, 1.82) is 0 Å². The van der Waals surface area contributed by atoms with Crippen LogP contribution in [0, 0.1) is 0 Å². The van der Waals surface area contributed by atoms with E-state index in [9.17, 15) is 0 Å². The summed E-state index contributed by atoms with van der Waals surface area (Å²) in [4.78, 5) is 4.42. The molecule has 45 heavy (non-hydrogen) atoms. The molecule has 6 aromatic rings. The molecule has 0 aliphatic rings. The number of unbranched alkanes of at least 4 members (excludes halogenated alkanes) is 3. The maximum atomic E-state index is 6.12. The van der Waals surface area contributed by atoms with Crippen LogP contribution in [0.5, 0.6) is 0 Å². The van der Waals surface area contributed by atoms with E-state index in [1.54, 1.807) is 0 Å². The van der Waals surface area contributed by atoms with Crippen LogP contribution in [-0.2, 0) is 11.6 Å². The number of aryl methyl sites for hydroxylation is 1. The number of imidazole rings is 1. The van der Waals surface area contributed by atoms with Gasteiger partial charge < -0.3 is 4.57 Å². The first kappa shape index (κ1) is 32.0. The van der Waals surface area contributed by atoms with Crippen molar-refractivity contribution in [2.24, 2.45) is 0 Å². The molecule has 0 aliphatic carbocycles. The molecule has 0 amide bonds. The lowest BCUT2D eigenvalue weighted by Gasteiger charge is -2.36. The van der Waals surface area contributed by atoms with Gasteiger partial charge in [0.1, 0.15) is 9.52 Å². The maximum Gasteiger partial charge on any atom is 0.127 e. The number of hydrogen-bond acceptors (Lipinski definition) is 1. The first-order chi connectivity index (χ1) is 22.2. The summed E-state index contributed by atoms with van der Waals surface area (Å²) in [6.07, 6.45) is 12.3. The quantitative estimate of drug-likeness (QED) is 0.101. The Hall–Kier alpha value is -4.41. The standard InChI is InChI=1S/C28H30N2Si.C13H11B/c1-2-3-4-7-13-24-14-12-19-27(22-24)31-28(30-21-20-29-23-30,25-15-8-5-9-16-25)26-17-10-6-11-18-26;14-13(11-7-3-1-4-8-11)12-9-5-2-6-10-12/h5-6,8-12,14-23H,2-4,7,13H2,1H3;1-10,13H. The molecule has 4 heteroatoms. The highest BCUT2D eigenvalue weighted by Crippen LogP contribution is 2.33. The summed E-state index contributed by atoms with van der Waals surface area (Å²) in [7, 11) is 6.66. The van der Waals surface area contributed by atoms with Crippen molar-refractivity contribution >= 4 is 22.6 Å². The topological polar surface area (TPSA) is 17.8 Å². The van der Waals surface area contributed by atoms with Gasteiger partial charge >= 0.3 is 0 Å².